The van der Waals surface area contributed by atoms with Crippen LogP contribution >= 0.6 is 0 Å². The van der Waals surface area contributed by atoms with Crippen molar-refractivity contribution in [2.45, 2.75) is 37.3 Å². The number of rotatable bonds is 5. The molecule has 0 aliphatic carbocycles. The Morgan fingerprint density at radius 2 is 1.48 bits per heavy atom. The maximum Gasteiger partial charge on any atom is 0.186 e. The molecule has 2 bridgehead atoms. The molecule has 4 heterocycles. The molecule has 7 nitrogen and oxygen atoms in total. The van der Waals surface area contributed by atoms with Gasteiger partial charge in [0.15, 0.2) is 6.29 Å². The summed E-state index contributed by atoms with van der Waals surface area (Å²) < 4.78 is 13.0. The first-order valence-corrected chi connectivity index (χ1v) is 9.93. The average Bonchev–Trinajstić information content (AvgIpc) is 2.71. The Kier molecular flexibility index (Phi) is 5.28. The molecule has 0 amide bonds. The maximum absolute atomic E-state index is 10.4. The summed E-state index contributed by atoms with van der Waals surface area (Å²) in [7, 11) is 1.44. The smallest absolute Gasteiger partial charge is 0.186 e. The molecule has 0 radical (unpaired) electrons. The second-order valence-electron chi connectivity index (χ2n) is 8.60. The predicted molar refractivity (Wildman–Crippen MR) is 98.4 cm³/mol. The SMILES string of the molecule is CO[C@H]1O[C@H](C[N+]23CC[N+](Cc4ccccc4)(CC2)CC3)[C@@H](O)[C@H](O)[C@H]1O. The molecule has 4 aliphatic rings. The Morgan fingerprint density at radius 3 is 2.07 bits per heavy atom. The molecule has 3 N–H and O–H groups in total. The second kappa shape index (κ2) is 7.40. The first-order chi connectivity index (χ1) is 13.0. The number of piperazine rings is 3. The molecule has 1 aromatic carbocycles. The third-order valence-corrected chi connectivity index (χ3v) is 6.97. The van der Waals surface area contributed by atoms with Crippen LogP contribution < -0.4 is 0 Å². The summed E-state index contributed by atoms with van der Waals surface area (Å²) >= 11 is 0. The predicted octanol–water partition coefficient (Wildman–Crippen LogP) is -0.699. The molecular weight excluding hydrogens is 348 g/mol. The molecule has 150 valence electrons. The molecular formula is C20H32N2O5+2. The highest BCUT2D eigenvalue weighted by atomic mass is 16.7. The van der Waals surface area contributed by atoms with Gasteiger partial charge >= 0.3 is 0 Å². The fourth-order valence-electron chi connectivity index (χ4n) is 5.07. The van der Waals surface area contributed by atoms with Crippen LogP contribution in [0, 0.1) is 0 Å². The number of quaternary nitrogens is 2. The van der Waals surface area contributed by atoms with Crippen molar-refractivity contribution in [3.05, 3.63) is 35.9 Å². The van der Waals surface area contributed by atoms with Gasteiger partial charge in [-0.15, -0.1) is 0 Å². The van der Waals surface area contributed by atoms with Crippen LogP contribution in [0.15, 0.2) is 30.3 Å². The van der Waals surface area contributed by atoms with E-state index in [0.29, 0.717) is 6.54 Å². The van der Waals surface area contributed by atoms with Gasteiger partial charge in [-0.2, -0.15) is 0 Å². The highest BCUT2D eigenvalue weighted by Gasteiger charge is 2.53. The summed E-state index contributed by atoms with van der Waals surface area (Å²) in [6, 6.07) is 10.7. The van der Waals surface area contributed by atoms with E-state index in [9.17, 15) is 15.3 Å². The number of aliphatic hydroxyl groups excluding tert-OH is 3. The van der Waals surface area contributed by atoms with Gasteiger partial charge < -0.3 is 33.8 Å². The van der Waals surface area contributed by atoms with Gasteiger partial charge in [-0.3, -0.25) is 0 Å². The lowest BCUT2D eigenvalue weighted by Gasteiger charge is -2.57. The van der Waals surface area contributed by atoms with Crippen LogP contribution in [0.5, 0.6) is 0 Å². The molecule has 0 aromatic heterocycles. The van der Waals surface area contributed by atoms with E-state index in [1.807, 2.05) is 0 Å². The van der Waals surface area contributed by atoms with E-state index in [4.69, 9.17) is 9.47 Å². The lowest BCUT2D eigenvalue weighted by atomic mass is 9.96. The first kappa shape index (κ1) is 19.3. The minimum absolute atomic E-state index is 0.527. The quantitative estimate of drug-likeness (QED) is 0.589. The van der Waals surface area contributed by atoms with Crippen molar-refractivity contribution < 1.29 is 33.8 Å². The Morgan fingerprint density at radius 1 is 0.889 bits per heavy atom. The van der Waals surface area contributed by atoms with Gasteiger partial charge in [-0.25, -0.2) is 0 Å². The summed E-state index contributed by atoms with van der Waals surface area (Å²) in [5, 5.41) is 30.5. The molecule has 4 fully saturated rings. The summed E-state index contributed by atoms with van der Waals surface area (Å²) in [4.78, 5) is 0. The monoisotopic (exact) mass is 380 g/mol. The number of benzene rings is 1. The fraction of sp³-hybridized carbons (Fsp3) is 0.700. The Balaban J connectivity index is 1.41. The summed E-state index contributed by atoms with van der Waals surface area (Å²) in [5.74, 6) is 0. The van der Waals surface area contributed by atoms with Crippen molar-refractivity contribution in [1.82, 2.24) is 0 Å². The van der Waals surface area contributed by atoms with E-state index in [2.05, 4.69) is 30.3 Å². The van der Waals surface area contributed by atoms with Gasteiger partial charge in [0.2, 0.25) is 0 Å². The van der Waals surface area contributed by atoms with E-state index in [1.54, 1.807) is 0 Å². The molecule has 5 atom stereocenters. The number of fused-ring (bicyclic) bond motifs is 3. The highest BCUT2D eigenvalue weighted by molar-refractivity contribution is 5.13. The number of methoxy groups -OCH3 is 1. The minimum atomic E-state index is -1.24. The largest absolute Gasteiger partial charge is 0.387 e. The molecule has 7 heteroatoms. The van der Waals surface area contributed by atoms with Gasteiger partial charge in [-0.05, 0) is 0 Å². The van der Waals surface area contributed by atoms with Crippen molar-refractivity contribution >= 4 is 0 Å². The summed E-state index contributed by atoms with van der Waals surface area (Å²) in [5.41, 5.74) is 1.39. The van der Waals surface area contributed by atoms with Crippen LogP contribution in [-0.4, -0.2) is 108 Å². The van der Waals surface area contributed by atoms with Crippen LogP contribution in [0.1, 0.15) is 5.56 Å². The third-order valence-electron chi connectivity index (χ3n) is 6.97. The molecule has 0 saturated carbocycles. The average molecular weight is 380 g/mol. The molecule has 27 heavy (non-hydrogen) atoms. The fourth-order valence-corrected chi connectivity index (χ4v) is 5.07. The van der Waals surface area contributed by atoms with Crippen LogP contribution in [0.4, 0.5) is 0 Å². The standard InChI is InChI=1S/C20H32N2O5/c1-26-20-19(25)18(24)17(23)16(27-20)14-22-10-7-21(8-11-22,9-12-22)13-15-5-3-2-4-6-15/h2-6,16-20,23-25H,7-14H2,1H3/q+2/t16-,17-,18+,19-,20+,21?,22?/m1/s1. The van der Waals surface area contributed by atoms with Gasteiger partial charge in [0.25, 0.3) is 0 Å². The lowest BCUT2D eigenvalue weighted by molar-refractivity contribution is -1.09. The van der Waals surface area contributed by atoms with Gasteiger partial charge in [-0.1, -0.05) is 30.3 Å². The van der Waals surface area contributed by atoms with Gasteiger partial charge in [0, 0.05) is 12.7 Å². The van der Waals surface area contributed by atoms with E-state index < -0.39 is 30.7 Å². The van der Waals surface area contributed by atoms with Crippen LogP contribution in [0.2, 0.25) is 0 Å². The Bertz CT molecular complexity index is 616. The van der Waals surface area contributed by atoms with Crippen molar-refractivity contribution in [2.75, 3.05) is 52.9 Å². The number of hydrogen-bond acceptors (Lipinski definition) is 5. The summed E-state index contributed by atoms with van der Waals surface area (Å²) in [6.45, 7) is 8.25. The number of ether oxygens (including phenoxy) is 2. The summed E-state index contributed by atoms with van der Waals surface area (Å²) in [6.07, 6.45) is -4.98. The third kappa shape index (κ3) is 3.65. The Hall–Kier alpha value is -1.06. The van der Waals surface area contributed by atoms with Crippen molar-refractivity contribution in [2.24, 2.45) is 0 Å². The normalized spacial score (nSPS) is 44.4. The van der Waals surface area contributed by atoms with Crippen molar-refractivity contribution in [3.8, 4) is 0 Å². The second-order valence-corrected chi connectivity index (χ2v) is 8.60. The topological polar surface area (TPSA) is 79.2 Å². The first-order valence-electron chi connectivity index (χ1n) is 9.93. The van der Waals surface area contributed by atoms with Crippen molar-refractivity contribution in [3.63, 3.8) is 0 Å². The zero-order chi connectivity index (χ0) is 19.1. The molecule has 4 aliphatic heterocycles. The van der Waals surface area contributed by atoms with Crippen molar-refractivity contribution in [1.29, 1.82) is 0 Å². The molecule has 0 spiro atoms. The van der Waals surface area contributed by atoms with E-state index in [-0.39, 0.29) is 0 Å². The van der Waals surface area contributed by atoms with Crippen LogP contribution in [-0.2, 0) is 16.0 Å². The molecule has 5 rings (SSSR count). The van der Waals surface area contributed by atoms with Crippen LogP contribution in [0.25, 0.3) is 0 Å². The zero-order valence-electron chi connectivity index (χ0n) is 16.0. The van der Waals surface area contributed by atoms with E-state index in [0.717, 1.165) is 54.8 Å². The lowest BCUT2D eigenvalue weighted by Crippen LogP contribution is -2.76. The van der Waals surface area contributed by atoms with Gasteiger partial charge in [0.1, 0.15) is 76.8 Å². The zero-order valence-corrected chi connectivity index (χ0v) is 16.0. The molecule has 4 saturated heterocycles. The maximum atomic E-state index is 10.4. The number of hydrogen-bond donors (Lipinski definition) is 3. The van der Waals surface area contributed by atoms with Crippen LogP contribution in [0.3, 0.4) is 0 Å². The van der Waals surface area contributed by atoms with E-state index >= 15 is 0 Å². The van der Waals surface area contributed by atoms with E-state index in [1.165, 1.54) is 12.7 Å². The molecule has 1 aromatic rings. The Labute approximate surface area is 160 Å². The number of nitrogens with zero attached hydrogens (tertiary/aromatic N) is 2. The minimum Gasteiger partial charge on any atom is -0.387 e. The highest BCUT2D eigenvalue weighted by Crippen LogP contribution is 2.32. The molecule has 0 unspecified atom stereocenters. The van der Waals surface area contributed by atoms with Gasteiger partial charge in [0.05, 0.1) is 0 Å². The number of aliphatic hydroxyl groups is 3.